The highest BCUT2D eigenvalue weighted by Gasteiger charge is 2.30. The molecule has 0 aliphatic carbocycles. The Morgan fingerprint density at radius 2 is 2.15 bits per heavy atom. The van der Waals surface area contributed by atoms with Crippen molar-refractivity contribution in [2.24, 2.45) is 0 Å². The molecule has 0 spiro atoms. The molecule has 0 saturated carbocycles. The first-order valence-corrected chi connectivity index (χ1v) is 9.49. The molecule has 1 aromatic carbocycles. The number of aryl methyl sites for hydroxylation is 1. The summed E-state index contributed by atoms with van der Waals surface area (Å²) in [6, 6.07) is 7.69. The zero-order valence-corrected chi connectivity index (χ0v) is 15.1. The van der Waals surface area contributed by atoms with Gasteiger partial charge in [-0.3, -0.25) is 23.4 Å². The lowest BCUT2D eigenvalue weighted by Crippen LogP contribution is -2.33. The van der Waals surface area contributed by atoms with Crippen LogP contribution in [0.15, 0.2) is 40.1 Å². The fourth-order valence-electron chi connectivity index (χ4n) is 2.96. The molecule has 1 fully saturated rings. The van der Waals surface area contributed by atoms with Crippen molar-refractivity contribution in [3.63, 3.8) is 0 Å². The van der Waals surface area contributed by atoms with Crippen molar-refractivity contribution in [3.8, 4) is 5.75 Å². The summed E-state index contributed by atoms with van der Waals surface area (Å²) in [5, 5.41) is 0. The van der Waals surface area contributed by atoms with Crippen molar-refractivity contribution in [3.05, 3.63) is 62.4 Å². The van der Waals surface area contributed by atoms with E-state index in [0.717, 1.165) is 17.7 Å². The van der Waals surface area contributed by atoms with Crippen LogP contribution in [0.25, 0.3) is 0 Å². The van der Waals surface area contributed by atoms with E-state index in [1.54, 1.807) is 6.92 Å². The van der Waals surface area contributed by atoms with Crippen molar-refractivity contribution in [1.82, 2.24) is 9.55 Å². The highest BCUT2D eigenvalue weighted by Crippen LogP contribution is 2.47. The Morgan fingerprint density at radius 1 is 1.31 bits per heavy atom. The highest BCUT2D eigenvalue weighted by molar-refractivity contribution is 7.42. The third kappa shape index (κ3) is 3.59. The fourth-order valence-corrected chi connectivity index (χ4v) is 4.01. The van der Waals surface area contributed by atoms with Crippen LogP contribution in [0.3, 0.4) is 0 Å². The van der Waals surface area contributed by atoms with Crippen molar-refractivity contribution >= 4 is 8.60 Å². The van der Waals surface area contributed by atoms with Crippen LogP contribution in [-0.2, 0) is 20.4 Å². The number of aromatic amines is 1. The van der Waals surface area contributed by atoms with Gasteiger partial charge in [0.25, 0.3) is 5.56 Å². The number of ether oxygens (including phenoxy) is 1. The SMILES string of the molecule is Cc1cn(C2CCC(COP3OCc4ccccc4O3)O2)c(=O)[nH]c1=O. The zero-order valence-electron chi connectivity index (χ0n) is 14.2. The third-order valence-corrected chi connectivity index (χ3v) is 5.42. The number of rotatable bonds is 4. The number of fused-ring (bicyclic) bond motifs is 1. The summed E-state index contributed by atoms with van der Waals surface area (Å²) in [4.78, 5) is 25.7. The van der Waals surface area contributed by atoms with Crippen molar-refractivity contribution in [2.75, 3.05) is 6.61 Å². The van der Waals surface area contributed by atoms with Crippen molar-refractivity contribution in [1.29, 1.82) is 0 Å². The molecule has 0 radical (unpaired) electrons. The zero-order chi connectivity index (χ0) is 18.1. The number of benzene rings is 1. The molecule has 26 heavy (non-hydrogen) atoms. The van der Waals surface area contributed by atoms with Crippen LogP contribution in [0.1, 0.15) is 30.2 Å². The van der Waals surface area contributed by atoms with Gasteiger partial charge >= 0.3 is 14.3 Å². The highest BCUT2D eigenvalue weighted by atomic mass is 31.2. The van der Waals surface area contributed by atoms with Crippen LogP contribution in [0.5, 0.6) is 5.75 Å². The Labute approximate surface area is 150 Å². The van der Waals surface area contributed by atoms with E-state index in [1.165, 1.54) is 10.8 Å². The first-order valence-electron chi connectivity index (χ1n) is 8.39. The molecule has 3 atom stereocenters. The summed E-state index contributed by atoms with van der Waals surface area (Å²) < 4.78 is 24.4. The predicted molar refractivity (Wildman–Crippen MR) is 93.9 cm³/mol. The lowest BCUT2D eigenvalue weighted by molar-refractivity contribution is -0.0230. The summed E-state index contributed by atoms with van der Waals surface area (Å²) in [6.07, 6.45) is 2.37. The second-order valence-electron chi connectivity index (χ2n) is 6.26. The molecule has 138 valence electrons. The smallest absolute Gasteiger partial charge is 0.397 e. The van der Waals surface area contributed by atoms with E-state index in [2.05, 4.69) is 4.98 Å². The van der Waals surface area contributed by atoms with Crippen LogP contribution in [-0.4, -0.2) is 22.3 Å². The first kappa shape index (κ1) is 17.4. The van der Waals surface area contributed by atoms with E-state index in [4.69, 9.17) is 18.3 Å². The number of para-hydroxylation sites is 1. The topological polar surface area (TPSA) is 91.8 Å². The third-order valence-electron chi connectivity index (χ3n) is 4.38. The number of hydrogen-bond acceptors (Lipinski definition) is 6. The van der Waals surface area contributed by atoms with E-state index >= 15 is 0 Å². The lowest BCUT2D eigenvalue weighted by atomic mass is 10.2. The Kier molecular flexibility index (Phi) is 4.91. The minimum atomic E-state index is -1.45. The largest absolute Gasteiger partial charge is 0.426 e. The van der Waals surface area contributed by atoms with Gasteiger partial charge < -0.3 is 9.26 Å². The summed E-state index contributed by atoms with van der Waals surface area (Å²) in [5.74, 6) is 0.783. The molecule has 1 aromatic heterocycles. The molecule has 1 N–H and O–H groups in total. The van der Waals surface area contributed by atoms with Gasteiger partial charge in [0.2, 0.25) is 0 Å². The van der Waals surface area contributed by atoms with Gasteiger partial charge in [-0.1, -0.05) is 18.2 Å². The lowest BCUT2D eigenvalue weighted by Gasteiger charge is -2.24. The average molecular weight is 378 g/mol. The van der Waals surface area contributed by atoms with Crippen LogP contribution in [0.2, 0.25) is 0 Å². The maximum Gasteiger partial charge on any atom is 0.397 e. The van der Waals surface area contributed by atoms with Crippen LogP contribution >= 0.6 is 8.60 Å². The van der Waals surface area contributed by atoms with Crippen molar-refractivity contribution in [2.45, 2.75) is 38.7 Å². The van der Waals surface area contributed by atoms with Crippen LogP contribution < -0.4 is 15.8 Å². The molecule has 8 nitrogen and oxygen atoms in total. The second kappa shape index (κ2) is 7.32. The van der Waals surface area contributed by atoms with E-state index in [9.17, 15) is 9.59 Å². The van der Waals surface area contributed by atoms with Gasteiger partial charge in [-0.15, -0.1) is 0 Å². The molecule has 2 aliphatic rings. The van der Waals surface area contributed by atoms with Crippen molar-refractivity contribution < 1.29 is 18.3 Å². The van der Waals surface area contributed by atoms with Gasteiger partial charge in [0, 0.05) is 17.3 Å². The normalized spacial score (nSPS) is 24.9. The average Bonchev–Trinajstić information content (AvgIpc) is 3.11. The molecular weight excluding hydrogens is 359 g/mol. The Bertz CT molecular complexity index is 911. The number of nitrogens with zero attached hydrogens (tertiary/aromatic N) is 1. The summed E-state index contributed by atoms with van der Waals surface area (Å²) in [7, 11) is -1.45. The van der Waals surface area contributed by atoms with E-state index in [-0.39, 0.29) is 11.7 Å². The maximum absolute atomic E-state index is 12.0. The molecule has 2 aromatic rings. The standard InChI is InChI=1S/C17H19N2O6P/c1-11-8-19(17(21)18-16(11)20)15-7-6-13(24-15)10-23-26-22-9-12-4-2-3-5-14(12)25-26/h2-5,8,13,15H,6-7,9-10H2,1H3,(H,18,20,21). The first-order chi connectivity index (χ1) is 12.6. The molecule has 3 unspecified atom stereocenters. The molecule has 4 rings (SSSR count). The van der Waals surface area contributed by atoms with Gasteiger partial charge in [0.1, 0.15) is 12.0 Å². The molecule has 0 amide bonds. The van der Waals surface area contributed by atoms with E-state index in [0.29, 0.717) is 25.2 Å². The Balaban J connectivity index is 1.34. The Hall–Kier alpha value is -1.99. The molecule has 1 saturated heterocycles. The van der Waals surface area contributed by atoms with E-state index < -0.39 is 20.5 Å². The quantitative estimate of drug-likeness (QED) is 0.822. The van der Waals surface area contributed by atoms with Gasteiger partial charge in [-0.05, 0) is 25.8 Å². The number of H-pyrrole nitrogens is 1. The minimum absolute atomic E-state index is 0.161. The van der Waals surface area contributed by atoms with Gasteiger partial charge in [0.15, 0.2) is 0 Å². The van der Waals surface area contributed by atoms with Gasteiger partial charge in [0.05, 0.1) is 19.3 Å². The minimum Gasteiger partial charge on any atom is -0.426 e. The fraction of sp³-hybridized carbons (Fsp3) is 0.412. The summed E-state index contributed by atoms with van der Waals surface area (Å²) in [5.41, 5.74) is 0.629. The van der Waals surface area contributed by atoms with Crippen LogP contribution in [0, 0.1) is 6.92 Å². The number of nitrogens with one attached hydrogen (secondary N) is 1. The molecule has 9 heteroatoms. The summed E-state index contributed by atoms with van der Waals surface area (Å²) in [6.45, 7) is 2.44. The predicted octanol–water partition coefficient (Wildman–Crippen LogP) is 2.38. The van der Waals surface area contributed by atoms with E-state index in [1.807, 2.05) is 24.3 Å². The molecule has 3 heterocycles. The molecule has 2 aliphatic heterocycles. The van der Waals surface area contributed by atoms with Gasteiger partial charge in [-0.2, -0.15) is 0 Å². The monoisotopic (exact) mass is 378 g/mol. The van der Waals surface area contributed by atoms with Gasteiger partial charge in [-0.25, -0.2) is 4.79 Å². The molecule has 0 bridgehead atoms. The second-order valence-corrected chi connectivity index (χ2v) is 7.41. The van der Waals surface area contributed by atoms with Crippen LogP contribution in [0.4, 0.5) is 0 Å². The maximum atomic E-state index is 12.0. The number of hydrogen-bond donors (Lipinski definition) is 1. The summed E-state index contributed by atoms with van der Waals surface area (Å²) >= 11 is 0. The Morgan fingerprint density at radius 3 is 3.04 bits per heavy atom. The molecular formula is C17H19N2O6P. The number of aromatic nitrogens is 2.